The number of phenols is 1. The van der Waals surface area contributed by atoms with Gasteiger partial charge in [-0.25, -0.2) is 0 Å². The first-order chi connectivity index (χ1) is 5.95. The Hall–Kier alpha value is -0.980. The molecule has 1 nitrogen and oxygen atoms in total. The SMILES string of the molecule is [2H]c1cc(C(C)C)c(O)c([2H])c1C. The Morgan fingerprint density at radius 2 is 2.18 bits per heavy atom. The van der Waals surface area contributed by atoms with E-state index in [2.05, 4.69) is 0 Å². The summed E-state index contributed by atoms with van der Waals surface area (Å²) in [4.78, 5) is 0. The zero-order valence-electron chi connectivity index (χ0n) is 9.10. The van der Waals surface area contributed by atoms with Crippen molar-refractivity contribution in [1.29, 1.82) is 0 Å². The highest BCUT2D eigenvalue weighted by atomic mass is 16.3. The van der Waals surface area contributed by atoms with Crippen LogP contribution in [-0.4, -0.2) is 5.11 Å². The third kappa shape index (κ3) is 1.73. The standard InChI is InChI=1S/C10H14O/c1-7(2)9-5-4-8(3)6-10(9)11/h4-7,11H,1-3H3/i4D,6D. The Labute approximate surface area is 70.5 Å². The lowest BCUT2D eigenvalue weighted by Gasteiger charge is -2.07. The van der Waals surface area contributed by atoms with Crippen LogP contribution in [0.5, 0.6) is 5.75 Å². The van der Waals surface area contributed by atoms with Gasteiger partial charge in [-0.05, 0) is 30.0 Å². The zero-order chi connectivity index (χ0) is 10.2. The summed E-state index contributed by atoms with van der Waals surface area (Å²) in [6, 6.07) is 2.04. The predicted octanol–water partition coefficient (Wildman–Crippen LogP) is 2.82. The summed E-state index contributed by atoms with van der Waals surface area (Å²) in [5, 5.41) is 9.60. The molecule has 0 saturated carbocycles. The van der Waals surface area contributed by atoms with E-state index in [1.807, 2.05) is 13.8 Å². The van der Waals surface area contributed by atoms with Crippen molar-refractivity contribution in [3.8, 4) is 5.75 Å². The van der Waals surface area contributed by atoms with Crippen LogP contribution in [0.1, 0.15) is 33.6 Å². The van der Waals surface area contributed by atoms with E-state index in [1.54, 1.807) is 13.0 Å². The average Bonchev–Trinajstić information content (AvgIpc) is 2.07. The molecular formula is C10H14O. The first-order valence-corrected chi connectivity index (χ1v) is 3.74. The number of hydrogen-bond acceptors (Lipinski definition) is 1. The monoisotopic (exact) mass is 152 g/mol. The highest BCUT2D eigenvalue weighted by Gasteiger charge is 2.03. The normalized spacial score (nSPS) is 13.1. The molecule has 0 saturated heterocycles. The van der Waals surface area contributed by atoms with E-state index in [9.17, 15) is 5.11 Å². The predicted molar refractivity (Wildman–Crippen MR) is 46.9 cm³/mol. The molecule has 0 atom stereocenters. The number of hydrogen-bond donors (Lipinski definition) is 1. The maximum atomic E-state index is 9.60. The van der Waals surface area contributed by atoms with Gasteiger partial charge in [0.2, 0.25) is 0 Å². The van der Waals surface area contributed by atoms with Crippen LogP contribution < -0.4 is 0 Å². The van der Waals surface area contributed by atoms with Crippen LogP contribution >= 0.6 is 0 Å². The highest BCUT2D eigenvalue weighted by Crippen LogP contribution is 2.25. The van der Waals surface area contributed by atoms with Gasteiger partial charge in [0.05, 0.1) is 2.74 Å². The van der Waals surface area contributed by atoms with Gasteiger partial charge in [0.15, 0.2) is 0 Å². The maximum Gasteiger partial charge on any atom is 0.119 e. The fourth-order valence-corrected chi connectivity index (χ4v) is 0.980. The molecule has 0 aliphatic heterocycles. The van der Waals surface area contributed by atoms with E-state index in [0.717, 1.165) is 0 Å². The highest BCUT2D eigenvalue weighted by molar-refractivity contribution is 5.37. The second kappa shape index (κ2) is 2.95. The molecule has 0 heterocycles. The summed E-state index contributed by atoms with van der Waals surface area (Å²) >= 11 is 0. The van der Waals surface area contributed by atoms with Gasteiger partial charge in [0.25, 0.3) is 0 Å². The summed E-state index contributed by atoms with van der Waals surface area (Å²) in [6.07, 6.45) is 0. The quantitative estimate of drug-likeness (QED) is 0.656. The van der Waals surface area contributed by atoms with Crippen molar-refractivity contribution >= 4 is 0 Å². The molecule has 11 heavy (non-hydrogen) atoms. The lowest BCUT2D eigenvalue weighted by atomic mass is 10.0. The second-order valence-corrected chi connectivity index (χ2v) is 3.00. The minimum Gasteiger partial charge on any atom is -0.508 e. The molecule has 0 fully saturated rings. The van der Waals surface area contributed by atoms with E-state index in [-0.39, 0.29) is 17.7 Å². The number of phenolic OH excluding ortho intramolecular Hbond substituents is 1. The van der Waals surface area contributed by atoms with Crippen molar-refractivity contribution in [1.82, 2.24) is 0 Å². The number of benzene rings is 1. The summed E-state index contributed by atoms with van der Waals surface area (Å²) < 4.78 is 15.1. The average molecular weight is 152 g/mol. The van der Waals surface area contributed by atoms with Crippen LogP contribution in [0, 0.1) is 6.92 Å². The third-order valence-corrected chi connectivity index (χ3v) is 1.65. The lowest BCUT2D eigenvalue weighted by molar-refractivity contribution is 0.464. The lowest BCUT2D eigenvalue weighted by Crippen LogP contribution is -1.87. The molecule has 0 unspecified atom stereocenters. The Balaban J connectivity index is 3.41. The van der Waals surface area contributed by atoms with Crippen LogP contribution in [0.2, 0.25) is 0 Å². The van der Waals surface area contributed by atoms with Gasteiger partial charge in [-0.15, -0.1) is 0 Å². The van der Waals surface area contributed by atoms with Gasteiger partial charge in [-0.2, -0.15) is 0 Å². The van der Waals surface area contributed by atoms with Gasteiger partial charge >= 0.3 is 0 Å². The largest absolute Gasteiger partial charge is 0.508 e. The Bertz CT molecular complexity index is 332. The van der Waals surface area contributed by atoms with E-state index >= 15 is 0 Å². The van der Waals surface area contributed by atoms with Crippen molar-refractivity contribution in [3.63, 3.8) is 0 Å². The molecule has 0 spiro atoms. The number of aromatic hydroxyl groups is 1. The summed E-state index contributed by atoms with van der Waals surface area (Å²) in [5.74, 6) is 0.164. The molecule has 0 amide bonds. The van der Waals surface area contributed by atoms with Gasteiger partial charge in [0.1, 0.15) is 5.75 Å². The summed E-state index contributed by atoms with van der Waals surface area (Å²) in [6.45, 7) is 5.54. The van der Waals surface area contributed by atoms with Gasteiger partial charge in [-0.1, -0.05) is 26.0 Å². The maximum absolute atomic E-state index is 9.60. The molecular weight excluding hydrogens is 136 g/mol. The Morgan fingerprint density at radius 3 is 2.73 bits per heavy atom. The van der Waals surface area contributed by atoms with Crippen molar-refractivity contribution in [3.05, 3.63) is 29.3 Å². The van der Waals surface area contributed by atoms with Gasteiger partial charge in [-0.3, -0.25) is 0 Å². The number of rotatable bonds is 1. The van der Waals surface area contributed by atoms with Crippen molar-refractivity contribution in [2.75, 3.05) is 0 Å². The zero-order valence-corrected chi connectivity index (χ0v) is 7.10. The molecule has 0 aliphatic rings. The molecule has 1 N–H and O–H groups in total. The van der Waals surface area contributed by atoms with E-state index in [0.29, 0.717) is 17.2 Å². The molecule has 0 radical (unpaired) electrons. The molecule has 1 heteroatoms. The second-order valence-electron chi connectivity index (χ2n) is 3.00. The van der Waals surface area contributed by atoms with E-state index in [1.165, 1.54) is 0 Å². The first kappa shape index (κ1) is 5.64. The van der Waals surface area contributed by atoms with Crippen molar-refractivity contribution in [2.45, 2.75) is 26.7 Å². The fraction of sp³-hybridized carbons (Fsp3) is 0.400. The van der Waals surface area contributed by atoms with E-state index < -0.39 is 0 Å². The van der Waals surface area contributed by atoms with Crippen LogP contribution in [0.4, 0.5) is 0 Å². The third-order valence-electron chi connectivity index (χ3n) is 1.65. The van der Waals surface area contributed by atoms with E-state index in [4.69, 9.17) is 2.74 Å². The Kier molecular flexibility index (Phi) is 1.51. The Morgan fingerprint density at radius 1 is 1.55 bits per heavy atom. The van der Waals surface area contributed by atoms with Crippen LogP contribution in [0.25, 0.3) is 0 Å². The molecule has 0 bridgehead atoms. The minimum absolute atomic E-state index is 0.0171. The molecule has 1 aromatic carbocycles. The molecule has 0 aliphatic carbocycles. The topological polar surface area (TPSA) is 20.2 Å². The van der Waals surface area contributed by atoms with Crippen LogP contribution in [0.15, 0.2) is 18.2 Å². The van der Waals surface area contributed by atoms with Crippen LogP contribution in [0.3, 0.4) is 0 Å². The van der Waals surface area contributed by atoms with Gasteiger partial charge in [0, 0.05) is 0 Å². The first-order valence-electron chi connectivity index (χ1n) is 4.74. The fourth-order valence-electron chi connectivity index (χ4n) is 0.980. The van der Waals surface area contributed by atoms with Crippen LogP contribution in [-0.2, 0) is 0 Å². The van der Waals surface area contributed by atoms with Gasteiger partial charge < -0.3 is 5.11 Å². The van der Waals surface area contributed by atoms with Crippen molar-refractivity contribution < 1.29 is 7.85 Å². The molecule has 1 rings (SSSR count). The summed E-state index contributed by atoms with van der Waals surface area (Å²) in [5.41, 5.74) is 1.21. The smallest absolute Gasteiger partial charge is 0.119 e. The summed E-state index contributed by atoms with van der Waals surface area (Å²) in [7, 11) is 0. The molecule has 60 valence electrons. The molecule has 1 aromatic rings. The van der Waals surface area contributed by atoms with Crippen molar-refractivity contribution in [2.24, 2.45) is 0 Å². The minimum atomic E-state index is 0.0171. The molecule has 0 aromatic heterocycles.